The highest BCUT2D eigenvalue weighted by atomic mass is 35.5. The van der Waals surface area contributed by atoms with E-state index in [0.717, 1.165) is 32.0 Å². The Hall–Kier alpha value is -2.06. The zero-order valence-electron chi connectivity index (χ0n) is 15.9. The van der Waals surface area contributed by atoms with Crippen molar-refractivity contribution >= 4 is 29.5 Å². The molecule has 2 saturated heterocycles. The van der Waals surface area contributed by atoms with Crippen molar-refractivity contribution in [2.24, 2.45) is 0 Å². The highest BCUT2D eigenvalue weighted by molar-refractivity contribution is 6.31. The van der Waals surface area contributed by atoms with E-state index >= 15 is 0 Å². The van der Waals surface area contributed by atoms with Crippen molar-refractivity contribution in [2.45, 2.75) is 19.0 Å². The summed E-state index contributed by atoms with van der Waals surface area (Å²) in [7, 11) is 0. The lowest BCUT2D eigenvalue weighted by atomic mass is 10.1. The average Bonchev–Trinajstić information content (AvgIpc) is 3.22. The van der Waals surface area contributed by atoms with Gasteiger partial charge in [-0.05, 0) is 36.6 Å². The molecular weight excluding hydrogens is 407 g/mol. The molecule has 0 bridgehead atoms. The number of hydrogen-bond acceptors (Lipinski definition) is 3. The second-order valence-electron chi connectivity index (χ2n) is 7.26. The predicted octanol–water partition coefficient (Wildman–Crippen LogP) is 3.14. The normalized spacial score (nSPS) is 18.6. The number of benzene rings is 1. The standard InChI is InChI=1S/C20H23ClF3N3O2/c21-17-5-3-15(13-16(17)20(22,23)24)4-6-18(28)27-11-9-25(10-12-27)14-19(29)26-7-1-2-8-26/h3-6,13H,1-2,7-12,14H2. The molecule has 0 atom stereocenters. The van der Waals surface area contributed by atoms with Crippen molar-refractivity contribution in [1.29, 1.82) is 0 Å². The van der Waals surface area contributed by atoms with Crippen LogP contribution in [-0.2, 0) is 15.8 Å². The molecule has 2 aliphatic rings. The largest absolute Gasteiger partial charge is 0.417 e. The number of nitrogens with zero attached hydrogens (tertiary/aromatic N) is 3. The van der Waals surface area contributed by atoms with Crippen molar-refractivity contribution in [2.75, 3.05) is 45.8 Å². The molecule has 1 aromatic carbocycles. The summed E-state index contributed by atoms with van der Waals surface area (Å²) in [5.74, 6) is -0.135. The summed E-state index contributed by atoms with van der Waals surface area (Å²) in [6.45, 7) is 4.15. The number of amides is 2. The van der Waals surface area contributed by atoms with Gasteiger partial charge in [0.15, 0.2) is 0 Å². The number of carbonyl (C=O) groups is 2. The van der Waals surface area contributed by atoms with Crippen LogP contribution in [0.2, 0.25) is 5.02 Å². The SMILES string of the molecule is O=C(C=Cc1ccc(Cl)c(C(F)(F)F)c1)N1CCN(CC(=O)N2CCCC2)CC1. The van der Waals surface area contributed by atoms with Gasteiger partial charge in [-0.3, -0.25) is 14.5 Å². The number of piperazine rings is 1. The average molecular weight is 430 g/mol. The smallest absolute Gasteiger partial charge is 0.342 e. The Kier molecular flexibility index (Phi) is 6.85. The fraction of sp³-hybridized carbons (Fsp3) is 0.500. The van der Waals surface area contributed by atoms with Crippen LogP contribution >= 0.6 is 11.6 Å². The van der Waals surface area contributed by atoms with E-state index in [1.165, 1.54) is 24.3 Å². The van der Waals surface area contributed by atoms with Crippen LogP contribution in [0.15, 0.2) is 24.3 Å². The molecule has 2 amide bonds. The Bertz CT molecular complexity index is 784. The van der Waals surface area contributed by atoms with Gasteiger partial charge in [0.1, 0.15) is 0 Å². The van der Waals surface area contributed by atoms with Gasteiger partial charge in [0.05, 0.1) is 17.1 Å². The summed E-state index contributed by atoms with van der Waals surface area (Å²) < 4.78 is 38.8. The molecule has 158 valence electrons. The van der Waals surface area contributed by atoms with E-state index in [-0.39, 0.29) is 22.4 Å². The quantitative estimate of drug-likeness (QED) is 0.691. The summed E-state index contributed by atoms with van der Waals surface area (Å²) in [6.07, 6.45) is 0.191. The molecule has 0 radical (unpaired) electrons. The Balaban J connectivity index is 1.51. The highest BCUT2D eigenvalue weighted by Crippen LogP contribution is 2.35. The Morgan fingerprint density at radius 2 is 1.66 bits per heavy atom. The molecule has 0 aromatic heterocycles. The van der Waals surface area contributed by atoms with Crippen LogP contribution in [0.4, 0.5) is 13.2 Å². The van der Waals surface area contributed by atoms with Crippen LogP contribution < -0.4 is 0 Å². The molecule has 0 N–H and O–H groups in total. The molecule has 2 heterocycles. The summed E-state index contributed by atoms with van der Waals surface area (Å²) in [5.41, 5.74) is -0.671. The summed E-state index contributed by atoms with van der Waals surface area (Å²) in [5, 5.41) is -0.374. The molecule has 29 heavy (non-hydrogen) atoms. The van der Waals surface area contributed by atoms with Crippen molar-refractivity contribution in [3.05, 3.63) is 40.4 Å². The van der Waals surface area contributed by atoms with E-state index in [4.69, 9.17) is 11.6 Å². The van der Waals surface area contributed by atoms with Crippen molar-refractivity contribution < 1.29 is 22.8 Å². The maximum atomic E-state index is 12.9. The Labute approximate surface area is 172 Å². The minimum Gasteiger partial charge on any atom is -0.342 e. The molecule has 0 unspecified atom stereocenters. The van der Waals surface area contributed by atoms with Crippen LogP contribution in [0.3, 0.4) is 0 Å². The fourth-order valence-electron chi connectivity index (χ4n) is 3.52. The second-order valence-corrected chi connectivity index (χ2v) is 7.67. The van der Waals surface area contributed by atoms with Gasteiger partial charge < -0.3 is 9.80 Å². The van der Waals surface area contributed by atoms with Crippen LogP contribution in [0.25, 0.3) is 6.08 Å². The first-order valence-corrected chi connectivity index (χ1v) is 9.96. The third-order valence-corrected chi connectivity index (χ3v) is 5.55. The third-order valence-electron chi connectivity index (χ3n) is 5.22. The Morgan fingerprint density at radius 1 is 1.00 bits per heavy atom. The first-order chi connectivity index (χ1) is 13.7. The zero-order chi connectivity index (χ0) is 21.0. The first-order valence-electron chi connectivity index (χ1n) is 9.58. The molecule has 0 spiro atoms. The lowest BCUT2D eigenvalue weighted by Crippen LogP contribution is -2.51. The molecule has 0 saturated carbocycles. The molecule has 0 aliphatic carbocycles. The highest BCUT2D eigenvalue weighted by Gasteiger charge is 2.33. The summed E-state index contributed by atoms with van der Waals surface area (Å²) >= 11 is 5.61. The summed E-state index contributed by atoms with van der Waals surface area (Å²) in [6, 6.07) is 3.53. The molecule has 2 aliphatic heterocycles. The molecule has 3 rings (SSSR count). The van der Waals surface area contributed by atoms with Crippen molar-refractivity contribution in [1.82, 2.24) is 14.7 Å². The van der Waals surface area contributed by atoms with Gasteiger partial charge in [-0.1, -0.05) is 17.7 Å². The monoisotopic (exact) mass is 429 g/mol. The zero-order valence-corrected chi connectivity index (χ0v) is 16.7. The van der Waals surface area contributed by atoms with Gasteiger partial charge in [0, 0.05) is 45.3 Å². The lowest BCUT2D eigenvalue weighted by Gasteiger charge is -2.34. The number of carbonyl (C=O) groups excluding carboxylic acids is 2. The van der Waals surface area contributed by atoms with E-state index in [9.17, 15) is 22.8 Å². The van der Waals surface area contributed by atoms with Gasteiger partial charge in [-0.2, -0.15) is 13.2 Å². The number of likely N-dealkylation sites (tertiary alicyclic amines) is 1. The van der Waals surface area contributed by atoms with Crippen molar-refractivity contribution in [3.63, 3.8) is 0 Å². The van der Waals surface area contributed by atoms with Crippen LogP contribution in [0.5, 0.6) is 0 Å². The van der Waals surface area contributed by atoms with E-state index in [1.807, 2.05) is 9.80 Å². The predicted molar refractivity (Wildman–Crippen MR) is 104 cm³/mol. The number of hydrogen-bond donors (Lipinski definition) is 0. The summed E-state index contributed by atoms with van der Waals surface area (Å²) in [4.78, 5) is 30.1. The van der Waals surface area contributed by atoms with Gasteiger partial charge in [0.2, 0.25) is 11.8 Å². The van der Waals surface area contributed by atoms with E-state index in [2.05, 4.69) is 0 Å². The molecule has 1 aromatic rings. The van der Waals surface area contributed by atoms with E-state index in [1.54, 1.807) is 4.90 Å². The minimum atomic E-state index is -4.55. The first kappa shape index (κ1) is 21.6. The van der Waals surface area contributed by atoms with Gasteiger partial charge in [0.25, 0.3) is 0 Å². The van der Waals surface area contributed by atoms with Crippen LogP contribution in [0, 0.1) is 0 Å². The number of alkyl halides is 3. The molecular formula is C20H23ClF3N3O2. The van der Waals surface area contributed by atoms with Crippen LogP contribution in [-0.4, -0.2) is 72.3 Å². The third kappa shape index (κ3) is 5.73. The van der Waals surface area contributed by atoms with Gasteiger partial charge in [-0.25, -0.2) is 0 Å². The lowest BCUT2D eigenvalue weighted by molar-refractivity contribution is -0.137. The second kappa shape index (κ2) is 9.17. The minimum absolute atomic E-state index is 0.130. The molecule has 5 nitrogen and oxygen atoms in total. The van der Waals surface area contributed by atoms with Gasteiger partial charge >= 0.3 is 6.18 Å². The molecule has 2 fully saturated rings. The maximum Gasteiger partial charge on any atom is 0.417 e. The van der Waals surface area contributed by atoms with Crippen LogP contribution in [0.1, 0.15) is 24.0 Å². The Morgan fingerprint density at radius 3 is 2.28 bits per heavy atom. The topological polar surface area (TPSA) is 43.9 Å². The fourth-order valence-corrected chi connectivity index (χ4v) is 3.75. The van der Waals surface area contributed by atoms with Crippen molar-refractivity contribution in [3.8, 4) is 0 Å². The number of halogens is 4. The van der Waals surface area contributed by atoms with E-state index < -0.39 is 11.7 Å². The number of rotatable bonds is 4. The van der Waals surface area contributed by atoms with E-state index in [0.29, 0.717) is 32.7 Å². The molecule has 9 heteroatoms. The van der Waals surface area contributed by atoms with Gasteiger partial charge in [-0.15, -0.1) is 0 Å². The maximum absolute atomic E-state index is 12.9.